The van der Waals surface area contributed by atoms with E-state index < -0.39 is 36.2 Å². The third-order valence-electron chi connectivity index (χ3n) is 4.24. The van der Waals surface area contributed by atoms with Crippen molar-refractivity contribution < 1.29 is 34.4 Å². The first-order valence-electron chi connectivity index (χ1n) is 9.22. The van der Waals surface area contributed by atoms with Gasteiger partial charge < -0.3 is 30.7 Å². The number of phenolic OH excluding ortho intramolecular Hbond substituents is 1. The first-order valence-corrected chi connectivity index (χ1v) is 9.22. The maximum absolute atomic E-state index is 12.6. The van der Waals surface area contributed by atoms with Gasteiger partial charge in [0.05, 0.1) is 6.10 Å². The zero-order valence-electron chi connectivity index (χ0n) is 16.3. The maximum Gasteiger partial charge on any atom is 0.408 e. The van der Waals surface area contributed by atoms with Crippen LogP contribution in [0.5, 0.6) is 5.75 Å². The molecular formula is C21H24N2O7. The van der Waals surface area contributed by atoms with E-state index in [0.29, 0.717) is 5.56 Å². The van der Waals surface area contributed by atoms with Crippen LogP contribution in [0.15, 0.2) is 54.6 Å². The smallest absolute Gasteiger partial charge is 0.408 e. The number of aromatic hydroxyl groups is 1. The van der Waals surface area contributed by atoms with Crippen molar-refractivity contribution in [2.24, 2.45) is 0 Å². The fourth-order valence-electron chi connectivity index (χ4n) is 2.63. The summed E-state index contributed by atoms with van der Waals surface area (Å²) in [5.74, 6) is -2.17. The Morgan fingerprint density at radius 1 is 0.967 bits per heavy atom. The zero-order chi connectivity index (χ0) is 22.1. The Hall–Kier alpha value is -3.59. The number of aliphatic hydroxyl groups excluding tert-OH is 1. The molecule has 160 valence electrons. The number of hydrogen-bond acceptors (Lipinski definition) is 6. The van der Waals surface area contributed by atoms with E-state index in [4.69, 9.17) is 4.74 Å². The lowest BCUT2D eigenvalue weighted by Crippen LogP contribution is -2.55. The summed E-state index contributed by atoms with van der Waals surface area (Å²) >= 11 is 0. The minimum absolute atomic E-state index is 0.00829. The first kappa shape index (κ1) is 22.7. The molecule has 0 saturated heterocycles. The maximum atomic E-state index is 12.6. The second-order valence-electron chi connectivity index (χ2n) is 6.69. The molecule has 0 fully saturated rings. The lowest BCUT2D eigenvalue weighted by Gasteiger charge is -2.22. The summed E-state index contributed by atoms with van der Waals surface area (Å²) in [6.45, 7) is 1.22. The van der Waals surface area contributed by atoms with Crippen LogP contribution in [0, 0.1) is 0 Å². The Balaban J connectivity index is 2.09. The molecule has 3 atom stereocenters. The Morgan fingerprint density at radius 2 is 1.60 bits per heavy atom. The van der Waals surface area contributed by atoms with Gasteiger partial charge in [0.2, 0.25) is 5.91 Å². The van der Waals surface area contributed by atoms with Crippen LogP contribution in [-0.2, 0) is 27.4 Å². The van der Waals surface area contributed by atoms with Crippen molar-refractivity contribution in [2.75, 3.05) is 0 Å². The zero-order valence-corrected chi connectivity index (χ0v) is 16.3. The summed E-state index contributed by atoms with van der Waals surface area (Å²) in [6, 6.07) is 12.2. The van der Waals surface area contributed by atoms with Gasteiger partial charge in [0.15, 0.2) is 6.04 Å². The number of benzene rings is 2. The molecule has 2 amide bonds. The number of hydrogen-bond donors (Lipinski definition) is 5. The van der Waals surface area contributed by atoms with Crippen LogP contribution in [-0.4, -0.2) is 51.5 Å². The van der Waals surface area contributed by atoms with Crippen molar-refractivity contribution in [3.8, 4) is 5.75 Å². The number of aliphatic hydroxyl groups is 1. The number of carbonyl (C=O) groups is 3. The third-order valence-corrected chi connectivity index (χ3v) is 4.24. The van der Waals surface area contributed by atoms with Gasteiger partial charge in [-0.05, 0) is 30.2 Å². The molecule has 9 heteroatoms. The minimum Gasteiger partial charge on any atom is -0.508 e. The highest BCUT2D eigenvalue weighted by atomic mass is 16.5. The molecule has 0 bridgehead atoms. The minimum atomic E-state index is -1.54. The lowest BCUT2D eigenvalue weighted by atomic mass is 10.0. The molecule has 5 N–H and O–H groups in total. The molecule has 9 nitrogen and oxygen atoms in total. The van der Waals surface area contributed by atoms with Crippen molar-refractivity contribution in [3.05, 3.63) is 65.7 Å². The van der Waals surface area contributed by atoms with Crippen LogP contribution < -0.4 is 10.6 Å². The average Bonchev–Trinajstić information content (AvgIpc) is 2.71. The lowest BCUT2D eigenvalue weighted by molar-refractivity contribution is -0.145. The van der Waals surface area contributed by atoms with Gasteiger partial charge in [-0.2, -0.15) is 0 Å². The highest BCUT2D eigenvalue weighted by Gasteiger charge is 2.30. The molecular weight excluding hydrogens is 392 g/mol. The van der Waals surface area contributed by atoms with Crippen molar-refractivity contribution in [3.63, 3.8) is 0 Å². The van der Waals surface area contributed by atoms with Crippen LogP contribution in [0.4, 0.5) is 4.79 Å². The highest BCUT2D eigenvalue weighted by Crippen LogP contribution is 2.12. The van der Waals surface area contributed by atoms with Crippen LogP contribution >= 0.6 is 0 Å². The van der Waals surface area contributed by atoms with E-state index in [-0.39, 0.29) is 18.8 Å². The molecule has 0 aliphatic carbocycles. The fourth-order valence-corrected chi connectivity index (χ4v) is 2.63. The molecule has 0 aliphatic heterocycles. The molecule has 30 heavy (non-hydrogen) atoms. The van der Waals surface area contributed by atoms with Crippen LogP contribution in [0.2, 0.25) is 0 Å². The Morgan fingerprint density at radius 3 is 2.17 bits per heavy atom. The predicted molar refractivity (Wildman–Crippen MR) is 107 cm³/mol. The van der Waals surface area contributed by atoms with Crippen molar-refractivity contribution in [1.29, 1.82) is 0 Å². The molecule has 0 radical (unpaired) electrons. The van der Waals surface area contributed by atoms with Gasteiger partial charge in [-0.1, -0.05) is 42.5 Å². The molecule has 0 aliphatic rings. The predicted octanol–water partition coefficient (Wildman–Crippen LogP) is 1.18. The van der Waals surface area contributed by atoms with Gasteiger partial charge in [-0.3, -0.25) is 4.79 Å². The fraction of sp³-hybridized carbons (Fsp3) is 0.286. The molecule has 0 saturated carbocycles. The van der Waals surface area contributed by atoms with Crippen molar-refractivity contribution in [1.82, 2.24) is 10.6 Å². The number of amides is 2. The number of phenols is 1. The van der Waals surface area contributed by atoms with Gasteiger partial charge in [0, 0.05) is 6.42 Å². The monoisotopic (exact) mass is 416 g/mol. The van der Waals surface area contributed by atoms with Crippen molar-refractivity contribution in [2.45, 2.75) is 38.1 Å². The number of carboxylic acid groups (broad SMARTS) is 1. The number of nitrogens with one attached hydrogen (secondary N) is 2. The summed E-state index contributed by atoms with van der Waals surface area (Å²) < 4.78 is 5.13. The molecule has 2 rings (SSSR count). The van der Waals surface area contributed by atoms with E-state index in [9.17, 15) is 29.7 Å². The van der Waals surface area contributed by atoms with E-state index in [0.717, 1.165) is 5.56 Å². The van der Waals surface area contributed by atoms with Crippen LogP contribution in [0.1, 0.15) is 18.1 Å². The second kappa shape index (κ2) is 10.8. The van der Waals surface area contributed by atoms with E-state index in [2.05, 4.69) is 10.6 Å². The summed E-state index contributed by atoms with van der Waals surface area (Å²) in [7, 11) is 0. The number of rotatable bonds is 9. The number of carboxylic acids is 1. The quantitative estimate of drug-likeness (QED) is 0.413. The molecule has 0 spiro atoms. The van der Waals surface area contributed by atoms with Gasteiger partial charge in [-0.25, -0.2) is 9.59 Å². The molecule has 2 aromatic carbocycles. The number of ether oxygens (including phenoxy) is 1. The number of carbonyl (C=O) groups excluding carboxylic acids is 2. The van der Waals surface area contributed by atoms with E-state index >= 15 is 0 Å². The SMILES string of the molecule is C[C@@H](O)[C@H](NC(=O)[C@@H](Cc1ccc(O)cc1)NC(=O)OCc1ccccc1)C(=O)O. The summed E-state index contributed by atoms with van der Waals surface area (Å²) in [6.07, 6.45) is -2.19. The average molecular weight is 416 g/mol. The molecule has 2 aromatic rings. The molecule has 0 heterocycles. The Labute approximate surface area is 173 Å². The van der Waals surface area contributed by atoms with Gasteiger partial charge in [0.1, 0.15) is 18.4 Å². The Kier molecular flexibility index (Phi) is 8.18. The first-order chi connectivity index (χ1) is 14.3. The molecule has 0 aromatic heterocycles. The largest absolute Gasteiger partial charge is 0.508 e. The van der Waals surface area contributed by atoms with E-state index in [1.807, 2.05) is 6.07 Å². The third kappa shape index (κ3) is 7.10. The topological polar surface area (TPSA) is 145 Å². The van der Waals surface area contributed by atoms with Crippen LogP contribution in [0.25, 0.3) is 0 Å². The van der Waals surface area contributed by atoms with Crippen molar-refractivity contribution >= 4 is 18.0 Å². The van der Waals surface area contributed by atoms with Gasteiger partial charge in [-0.15, -0.1) is 0 Å². The summed E-state index contributed by atoms with van der Waals surface area (Å²) in [5.41, 5.74) is 1.37. The normalized spacial score (nSPS) is 13.5. The standard InChI is InChI=1S/C21H24N2O7/c1-13(24)18(20(27)28)23-19(26)17(11-14-7-9-16(25)10-8-14)22-21(29)30-12-15-5-3-2-4-6-15/h2-10,13,17-18,24-25H,11-12H2,1H3,(H,22,29)(H,23,26)(H,27,28)/t13-,17-,18+/m1/s1. The van der Waals surface area contributed by atoms with E-state index in [1.165, 1.54) is 19.1 Å². The van der Waals surface area contributed by atoms with Gasteiger partial charge in [0.25, 0.3) is 0 Å². The van der Waals surface area contributed by atoms with Gasteiger partial charge >= 0.3 is 12.1 Å². The number of aliphatic carboxylic acids is 1. The molecule has 0 unspecified atom stereocenters. The van der Waals surface area contributed by atoms with Crippen LogP contribution in [0.3, 0.4) is 0 Å². The summed E-state index contributed by atoms with van der Waals surface area (Å²) in [5, 5.41) is 32.8. The second-order valence-corrected chi connectivity index (χ2v) is 6.69. The number of alkyl carbamates (subject to hydrolysis) is 1. The highest BCUT2D eigenvalue weighted by molar-refractivity contribution is 5.89. The Bertz CT molecular complexity index is 853. The summed E-state index contributed by atoms with van der Waals surface area (Å²) in [4.78, 5) is 36.1. The van der Waals surface area contributed by atoms with E-state index in [1.54, 1.807) is 36.4 Å².